The lowest BCUT2D eigenvalue weighted by Gasteiger charge is -2.24. The van der Waals surface area contributed by atoms with Crippen molar-refractivity contribution in [2.45, 2.75) is 30.1 Å². The molecule has 1 heterocycles. The maximum absolute atomic E-state index is 10.5. The van der Waals surface area contributed by atoms with Gasteiger partial charge in [-0.3, -0.25) is 0 Å². The molecule has 3 rings (SSSR count). The number of hydrogen-bond donors (Lipinski definition) is 3. The van der Waals surface area contributed by atoms with Crippen LogP contribution in [0.1, 0.15) is 24.2 Å². The molecule has 1 aromatic heterocycles. The van der Waals surface area contributed by atoms with Crippen LogP contribution in [0.2, 0.25) is 0 Å². The number of hydrogen-bond acceptors (Lipinski definition) is 6. The summed E-state index contributed by atoms with van der Waals surface area (Å²) in [5, 5.41) is 30.0. The Labute approximate surface area is 155 Å². The number of fused-ring (bicyclic) bond motifs is 1. The second-order valence-corrected chi connectivity index (χ2v) is 8.33. The summed E-state index contributed by atoms with van der Waals surface area (Å²) in [5.74, 6) is 0.175. The van der Waals surface area contributed by atoms with Crippen LogP contribution in [-0.4, -0.2) is 32.2 Å². The molecule has 2 aromatic carbocycles. The van der Waals surface area contributed by atoms with Gasteiger partial charge in [0.1, 0.15) is 0 Å². The number of thioether (sulfide) groups is 1. The smallest absolute Gasteiger partial charge is 0.151 e. The molecule has 0 aliphatic carbocycles. The Bertz CT molecular complexity index is 786. The average molecular weight is 376 g/mol. The highest BCUT2D eigenvalue weighted by atomic mass is 32.2. The zero-order chi connectivity index (χ0) is 17.8. The topological polar surface area (TPSA) is 73.6 Å². The predicted molar refractivity (Wildman–Crippen MR) is 103 cm³/mol. The van der Waals surface area contributed by atoms with Crippen molar-refractivity contribution in [2.75, 3.05) is 5.75 Å². The molecule has 3 unspecified atom stereocenters. The van der Waals surface area contributed by atoms with Gasteiger partial charge in [0.2, 0.25) is 0 Å². The molecule has 6 heteroatoms. The number of aromatic nitrogens is 1. The lowest BCUT2D eigenvalue weighted by atomic mass is 9.93. The molecule has 0 aliphatic rings. The molecule has 0 radical (unpaired) electrons. The molecular formula is C19H21NO3S2. The maximum atomic E-state index is 10.5. The molecule has 25 heavy (non-hydrogen) atoms. The van der Waals surface area contributed by atoms with Crippen LogP contribution in [0.15, 0.2) is 52.9 Å². The molecule has 3 N–H and O–H groups in total. The predicted octanol–water partition coefficient (Wildman–Crippen LogP) is 3.61. The van der Waals surface area contributed by atoms with Crippen molar-refractivity contribution < 1.29 is 15.3 Å². The fraction of sp³-hybridized carbons (Fsp3) is 0.316. The minimum absolute atomic E-state index is 0.0205. The first kappa shape index (κ1) is 18.4. The van der Waals surface area contributed by atoms with E-state index in [2.05, 4.69) is 4.98 Å². The molecule has 0 saturated heterocycles. The number of thiazole rings is 1. The number of para-hydroxylation sites is 1. The summed E-state index contributed by atoms with van der Waals surface area (Å²) in [6.07, 6.45) is -1.40. The van der Waals surface area contributed by atoms with Gasteiger partial charge in [-0.1, -0.05) is 55.1 Å². The SMILES string of the molecule is CC(C(O)CSc1nc2ccccc2s1)C(O)c1ccc(CO)cc1. The van der Waals surface area contributed by atoms with Gasteiger partial charge in [-0.15, -0.1) is 11.3 Å². The van der Waals surface area contributed by atoms with E-state index in [1.807, 2.05) is 31.2 Å². The largest absolute Gasteiger partial charge is 0.392 e. The summed E-state index contributed by atoms with van der Waals surface area (Å²) >= 11 is 3.13. The van der Waals surface area contributed by atoms with Gasteiger partial charge in [-0.25, -0.2) is 4.98 Å². The lowest BCUT2D eigenvalue weighted by molar-refractivity contribution is 0.0330. The molecule has 3 aromatic rings. The molecule has 0 fully saturated rings. The van der Waals surface area contributed by atoms with Gasteiger partial charge in [0.05, 0.1) is 29.0 Å². The zero-order valence-electron chi connectivity index (χ0n) is 13.9. The molecule has 3 atom stereocenters. The zero-order valence-corrected chi connectivity index (χ0v) is 15.5. The van der Waals surface area contributed by atoms with Crippen LogP contribution < -0.4 is 0 Å². The quantitative estimate of drug-likeness (QED) is 0.550. The van der Waals surface area contributed by atoms with E-state index < -0.39 is 12.2 Å². The van der Waals surface area contributed by atoms with Crippen LogP contribution in [-0.2, 0) is 6.61 Å². The van der Waals surface area contributed by atoms with Gasteiger partial charge in [0.15, 0.2) is 4.34 Å². The third-order valence-electron chi connectivity index (χ3n) is 4.26. The van der Waals surface area contributed by atoms with Crippen molar-refractivity contribution in [1.82, 2.24) is 4.98 Å². The van der Waals surface area contributed by atoms with Crippen LogP contribution in [0, 0.1) is 5.92 Å². The minimum atomic E-state index is -0.751. The Morgan fingerprint density at radius 1 is 1.08 bits per heavy atom. The Hall–Kier alpha value is -1.44. The van der Waals surface area contributed by atoms with Crippen molar-refractivity contribution in [1.29, 1.82) is 0 Å². The molecule has 0 bridgehead atoms. The highest BCUT2D eigenvalue weighted by Gasteiger charge is 2.24. The fourth-order valence-electron chi connectivity index (χ4n) is 2.56. The first-order valence-electron chi connectivity index (χ1n) is 8.12. The van der Waals surface area contributed by atoms with Gasteiger partial charge in [-0.2, -0.15) is 0 Å². The van der Waals surface area contributed by atoms with Crippen LogP contribution in [0.5, 0.6) is 0 Å². The number of aliphatic hydroxyl groups excluding tert-OH is 3. The van der Waals surface area contributed by atoms with E-state index in [4.69, 9.17) is 5.11 Å². The second-order valence-electron chi connectivity index (χ2n) is 6.03. The maximum Gasteiger partial charge on any atom is 0.151 e. The summed E-state index contributed by atoms with van der Waals surface area (Å²) in [7, 11) is 0. The summed E-state index contributed by atoms with van der Waals surface area (Å²) in [5.41, 5.74) is 2.52. The summed E-state index contributed by atoms with van der Waals surface area (Å²) in [4.78, 5) is 4.55. The molecule has 132 valence electrons. The Kier molecular flexibility index (Phi) is 6.09. The Morgan fingerprint density at radius 3 is 2.48 bits per heavy atom. The van der Waals surface area contributed by atoms with Gasteiger partial charge < -0.3 is 15.3 Å². The molecular weight excluding hydrogens is 354 g/mol. The second kappa shape index (κ2) is 8.29. The van der Waals surface area contributed by atoms with Crippen LogP contribution >= 0.6 is 23.1 Å². The van der Waals surface area contributed by atoms with E-state index in [1.54, 1.807) is 35.6 Å². The molecule has 0 spiro atoms. The van der Waals surface area contributed by atoms with Gasteiger partial charge in [-0.05, 0) is 23.3 Å². The first-order valence-corrected chi connectivity index (χ1v) is 9.93. The molecule has 0 aliphatic heterocycles. The van der Waals surface area contributed by atoms with Gasteiger partial charge >= 0.3 is 0 Å². The van der Waals surface area contributed by atoms with E-state index >= 15 is 0 Å². The van der Waals surface area contributed by atoms with E-state index in [0.29, 0.717) is 5.75 Å². The Balaban J connectivity index is 1.60. The van der Waals surface area contributed by atoms with Gasteiger partial charge in [0, 0.05) is 11.7 Å². The summed E-state index contributed by atoms with van der Waals surface area (Å²) in [6, 6.07) is 15.1. The number of rotatable bonds is 7. The number of nitrogens with zero attached hydrogens (tertiary/aromatic N) is 1. The van der Waals surface area contributed by atoms with Crippen molar-refractivity contribution >= 4 is 33.3 Å². The fourth-order valence-corrected chi connectivity index (χ4v) is 4.74. The highest BCUT2D eigenvalue weighted by Crippen LogP contribution is 2.32. The number of benzene rings is 2. The van der Waals surface area contributed by atoms with Crippen molar-refractivity contribution in [3.05, 3.63) is 59.7 Å². The normalized spacial score (nSPS) is 15.2. The third-order valence-corrected chi connectivity index (χ3v) is 6.54. The molecule has 0 amide bonds. The third kappa shape index (κ3) is 4.40. The van der Waals surface area contributed by atoms with Gasteiger partial charge in [0.25, 0.3) is 0 Å². The van der Waals surface area contributed by atoms with Crippen LogP contribution in [0.25, 0.3) is 10.2 Å². The van der Waals surface area contributed by atoms with Crippen LogP contribution in [0.3, 0.4) is 0 Å². The lowest BCUT2D eigenvalue weighted by Crippen LogP contribution is -2.26. The monoisotopic (exact) mass is 375 g/mol. The first-order chi connectivity index (χ1) is 12.1. The van der Waals surface area contributed by atoms with Crippen molar-refractivity contribution in [3.63, 3.8) is 0 Å². The standard InChI is InChI=1S/C19H21NO3S2/c1-12(18(23)14-8-6-13(10-21)7-9-14)16(22)11-24-19-20-15-4-2-3-5-17(15)25-19/h2-9,12,16,18,21-23H,10-11H2,1H3. The van der Waals surface area contributed by atoms with E-state index in [1.165, 1.54) is 11.8 Å². The number of aliphatic hydroxyl groups is 3. The Morgan fingerprint density at radius 2 is 1.80 bits per heavy atom. The summed E-state index contributed by atoms with van der Waals surface area (Å²) in [6.45, 7) is 1.82. The summed E-state index contributed by atoms with van der Waals surface area (Å²) < 4.78 is 2.06. The van der Waals surface area contributed by atoms with E-state index in [0.717, 1.165) is 25.7 Å². The highest BCUT2D eigenvalue weighted by molar-refractivity contribution is 8.01. The van der Waals surface area contributed by atoms with Crippen molar-refractivity contribution in [3.8, 4) is 0 Å². The average Bonchev–Trinajstić information content (AvgIpc) is 3.08. The van der Waals surface area contributed by atoms with Crippen molar-refractivity contribution in [2.24, 2.45) is 5.92 Å². The molecule has 0 saturated carbocycles. The van der Waals surface area contributed by atoms with E-state index in [-0.39, 0.29) is 12.5 Å². The minimum Gasteiger partial charge on any atom is -0.392 e. The van der Waals surface area contributed by atoms with E-state index in [9.17, 15) is 10.2 Å². The molecule has 4 nitrogen and oxygen atoms in total. The van der Waals surface area contributed by atoms with Crippen LogP contribution in [0.4, 0.5) is 0 Å².